The number of rotatable bonds is 3. The third-order valence-electron chi connectivity index (χ3n) is 2.09. The molecule has 1 aliphatic heterocycles. The molecule has 1 aromatic rings. The average molecular weight is 277 g/mol. The fourth-order valence-corrected chi connectivity index (χ4v) is 2.35. The Morgan fingerprint density at radius 2 is 2.25 bits per heavy atom. The summed E-state index contributed by atoms with van der Waals surface area (Å²) in [6.45, 7) is 0. The lowest BCUT2D eigenvalue weighted by molar-refractivity contribution is -0.138. The summed E-state index contributed by atoms with van der Waals surface area (Å²) in [6.07, 6.45) is -0.710. The lowest BCUT2D eigenvalue weighted by atomic mass is 10.1. The van der Waals surface area contributed by atoms with E-state index in [0.29, 0.717) is 4.88 Å². The van der Waals surface area contributed by atoms with Crippen LogP contribution in [0.3, 0.4) is 0 Å². The Hall–Kier alpha value is -0.840. The summed E-state index contributed by atoms with van der Waals surface area (Å²) in [5.41, 5.74) is 0. The highest BCUT2D eigenvalue weighted by Crippen LogP contribution is 2.31. The van der Waals surface area contributed by atoms with Gasteiger partial charge in [0.2, 0.25) is 0 Å². The van der Waals surface area contributed by atoms with E-state index in [2.05, 4.69) is 0 Å². The highest BCUT2D eigenvalue weighted by molar-refractivity contribution is 7.12. The first-order chi connectivity index (χ1) is 7.59. The summed E-state index contributed by atoms with van der Waals surface area (Å²) in [4.78, 5) is 23.4. The maximum absolute atomic E-state index is 11.7. The van der Waals surface area contributed by atoms with Crippen LogP contribution in [-0.4, -0.2) is 17.9 Å². The molecule has 0 spiro atoms. The second kappa shape index (κ2) is 4.57. The van der Waals surface area contributed by atoms with E-state index in [-0.39, 0.29) is 22.3 Å². The molecule has 0 saturated heterocycles. The number of Topliss-reactive ketones (excluding diaryl/α,β-unsaturated/α-hetero) is 1. The van der Waals surface area contributed by atoms with Gasteiger partial charge in [0.15, 0.2) is 5.78 Å². The number of carbonyl (C=O) groups excluding carboxylic acids is 2. The summed E-state index contributed by atoms with van der Waals surface area (Å²) >= 11 is 12.7. The highest BCUT2D eigenvalue weighted by Gasteiger charge is 2.33. The Morgan fingerprint density at radius 3 is 2.75 bits per heavy atom. The normalized spacial score (nSPS) is 20.1. The standard InChI is InChI=1S/C10H6Cl2O3S/c11-8-6(15-10(14)9(8)12)4-5(13)7-2-1-3-16-7/h1-3,6H,4H2/t6-/m1/s1. The molecule has 0 fully saturated rings. The zero-order valence-electron chi connectivity index (χ0n) is 7.91. The minimum atomic E-state index is -0.740. The molecule has 0 amide bonds. The number of cyclic esters (lactones) is 1. The van der Waals surface area contributed by atoms with Crippen LogP contribution in [0.2, 0.25) is 0 Å². The van der Waals surface area contributed by atoms with Gasteiger partial charge in [0.05, 0.1) is 16.3 Å². The lowest BCUT2D eigenvalue weighted by Gasteiger charge is -2.07. The minimum Gasteiger partial charge on any atom is -0.452 e. The van der Waals surface area contributed by atoms with E-state index >= 15 is 0 Å². The van der Waals surface area contributed by atoms with Gasteiger partial charge in [-0.3, -0.25) is 4.79 Å². The van der Waals surface area contributed by atoms with E-state index in [1.165, 1.54) is 11.3 Å². The van der Waals surface area contributed by atoms with Gasteiger partial charge in [0.1, 0.15) is 11.1 Å². The predicted molar refractivity (Wildman–Crippen MR) is 61.9 cm³/mol. The largest absolute Gasteiger partial charge is 0.452 e. The molecule has 0 bridgehead atoms. The Morgan fingerprint density at radius 1 is 1.50 bits per heavy atom. The smallest absolute Gasteiger partial charge is 0.351 e. The monoisotopic (exact) mass is 276 g/mol. The third-order valence-corrected chi connectivity index (χ3v) is 3.89. The van der Waals surface area contributed by atoms with Crippen LogP contribution >= 0.6 is 34.5 Å². The summed E-state index contributed by atoms with van der Waals surface area (Å²) in [7, 11) is 0. The first-order valence-corrected chi connectivity index (χ1v) is 6.06. The van der Waals surface area contributed by atoms with Crippen molar-refractivity contribution >= 4 is 46.3 Å². The molecule has 0 aliphatic carbocycles. The van der Waals surface area contributed by atoms with Gasteiger partial charge in [0, 0.05) is 0 Å². The fourth-order valence-electron chi connectivity index (χ4n) is 1.31. The Balaban J connectivity index is 2.08. The first kappa shape index (κ1) is 11.6. The number of thiophene rings is 1. The molecule has 6 heteroatoms. The van der Waals surface area contributed by atoms with E-state index in [1.807, 2.05) is 0 Å². The van der Waals surface area contributed by atoms with Crippen molar-refractivity contribution in [1.82, 2.24) is 0 Å². The number of ether oxygens (including phenoxy) is 1. The van der Waals surface area contributed by atoms with Crippen molar-refractivity contribution in [3.63, 3.8) is 0 Å². The van der Waals surface area contributed by atoms with Crippen molar-refractivity contribution in [3.8, 4) is 0 Å². The zero-order chi connectivity index (χ0) is 11.7. The van der Waals surface area contributed by atoms with Crippen molar-refractivity contribution in [1.29, 1.82) is 0 Å². The number of esters is 1. The second-order valence-corrected chi connectivity index (χ2v) is 4.89. The molecule has 16 heavy (non-hydrogen) atoms. The van der Waals surface area contributed by atoms with Crippen LogP contribution < -0.4 is 0 Å². The van der Waals surface area contributed by atoms with Crippen LogP contribution in [0.4, 0.5) is 0 Å². The Labute approximate surface area is 106 Å². The molecule has 0 aromatic carbocycles. The van der Waals surface area contributed by atoms with Gasteiger partial charge in [-0.15, -0.1) is 11.3 Å². The fraction of sp³-hybridized carbons (Fsp3) is 0.200. The molecule has 0 saturated carbocycles. The van der Waals surface area contributed by atoms with Gasteiger partial charge in [0.25, 0.3) is 0 Å². The number of ketones is 1. The number of halogens is 2. The second-order valence-electron chi connectivity index (χ2n) is 3.16. The molecule has 2 rings (SSSR count). The molecular formula is C10H6Cl2O3S. The molecule has 2 heterocycles. The van der Waals surface area contributed by atoms with E-state index in [1.54, 1.807) is 17.5 Å². The van der Waals surface area contributed by atoms with Crippen molar-refractivity contribution < 1.29 is 14.3 Å². The quantitative estimate of drug-likeness (QED) is 0.630. The molecule has 1 atom stereocenters. The van der Waals surface area contributed by atoms with Crippen molar-refractivity contribution in [2.45, 2.75) is 12.5 Å². The summed E-state index contributed by atoms with van der Waals surface area (Å²) < 4.78 is 4.86. The summed E-state index contributed by atoms with van der Waals surface area (Å²) in [5, 5.41) is 1.78. The third kappa shape index (κ3) is 2.14. The molecule has 1 aromatic heterocycles. The van der Waals surface area contributed by atoms with Gasteiger partial charge >= 0.3 is 5.97 Å². The first-order valence-electron chi connectivity index (χ1n) is 4.42. The minimum absolute atomic E-state index is 0.0291. The van der Waals surface area contributed by atoms with Crippen molar-refractivity contribution in [2.24, 2.45) is 0 Å². The molecule has 0 unspecified atom stereocenters. The Bertz CT molecular complexity index is 464. The maximum Gasteiger partial charge on any atom is 0.351 e. The van der Waals surface area contributed by atoms with Crippen LogP contribution in [0, 0.1) is 0 Å². The van der Waals surface area contributed by atoms with Crippen LogP contribution in [0.5, 0.6) is 0 Å². The molecule has 1 aliphatic rings. The summed E-state index contributed by atoms with van der Waals surface area (Å²) in [6, 6.07) is 3.49. The zero-order valence-corrected chi connectivity index (χ0v) is 10.2. The van der Waals surface area contributed by atoms with E-state index in [9.17, 15) is 9.59 Å². The van der Waals surface area contributed by atoms with E-state index < -0.39 is 12.1 Å². The maximum atomic E-state index is 11.7. The van der Waals surface area contributed by atoms with E-state index in [0.717, 1.165) is 0 Å². The van der Waals surface area contributed by atoms with Crippen molar-refractivity contribution in [2.75, 3.05) is 0 Å². The van der Waals surface area contributed by atoms with Gasteiger partial charge in [-0.05, 0) is 11.4 Å². The van der Waals surface area contributed by atoms with Gasteiger partial charge in [-0.25, -0.2) is 4.79 Å². The average Bonchev–Trinajstić information content (AvgIpc) is 2.85. The van der Waals surface area contributed by atoms with Gasteiger partial charge < -0.3 is 4.74 Å². The molecule has 84 valence electrons. The number of carbonyl (C=O) groups is 2. The predicted octanol–water partition coefficient (Wildman–Crippen LogP) is 2.94. The van der Waals surface area contributed by atoms with Gasteiger partial charge in [-0.2, -0.15) is 0 Å². The van der Waals surface area contributed by atoms with Crippen molar-refractivity contribution in [3.05, 3.63) is 32.5 Å². The molecular weight excluding hydrogens is 271 g/mol. The van der Waals surface area contributed by atoms with Crippen LogP contribution in [0.25, 0.3) is 0 Å². The van der Waals surface area contributed by atoms with Gasteiger partial charge in [-0.1, -0.05) is 29.3 Å². The topological polar surface area (TPSA) is 43.4 Å². The molecule has 0 N–H and O–H groups in total. The Kier molecular flexibility index (Phi) is 3.33. The number of hydrogen-bond acceptors (Lipinski definition) is 4. The van der Waals surface area contributed by atoms with Crippen LogP contribution in [-0.2, 0) is 9.53 Å². The SMILES string of the molecule is O=C1O[C@H](CC(=O)c2cccs2)C(Cl)=C1Cl. The van der Waals surface area contributed by atoms with Crippen LogP contribution in [0.15, 0.2) is 27.6 Å². The lowest BCUT2D eigenvalue weighted by Crippen LogP contribution is -2.15. The summed E-state index contributed by atoms with van der Waals surface area (Å²) in [5.74, 6) is -0.784. The van der Waals surface area contributed by atoms with E-state index in [4.69, 9.17) is 27.9 Å². The molecule has 3 nitrogen and oxygen atoms in total. The highest BCUT2D eigenvalue weighted by atomic mass is 35.5. The number of hydrogen-bond donors (Lipinski definition) is 0. The molecule has 0 radical (unpaired) electrons. The van der Waals surface area contributed by atoms with Crippen LogP contribution in [0.1, 0.15) is 16.1 Å².